The van der Waals surface area contributed by atoms with Crippen LogP contribution in [0, 0.1) is 5.82 Å². The molecule has 2 N–H and O–H groups in total. The molecule has 0 aliphatic heterocycles. The van der Waals surface area contributed by atoms with Crippen LogP contribution in [0.15, 0.2) is 24.8 Å². The zero-order valence-corrected chi connectivity index (χ0v) is 10.7. The van der Waals surface area contributed by atoms with Gasteiger partial charge >= 0.3 is 6.16 Å². The lowest BCUT2D eigenvalue weighted by atomic mass is 10.3. The second kappa shape index (κ2) is 5.66. The number of nitrogens with two attached hydrogens (primary N) is 1. The monoisotopic (exact) mass is 282 g/mol. The second-order valence-electron chi connectivity index (χ2n) is 3.56. The first-order valence-corrected chi connectivity index (χ1v) is 6.17. The molecule has 0 atom stereocenters. The van der Waals surface area contributed by atoms with E-state index in [1.807, 2.05) is 0 Å². The summed E-state index contributed by atoms with van der Waals surface area (Å²) in [5.41, 5.74) is 5.67. The maximum atomic E-state index is 13.7. The third-order valence-electron chi connectivity index (χ3n) is 2.21. The average molecular weight is 282 g/mol. The van der Waals surface area contributed by atoms with Crippen LogP contribution in [-0.2, 0) is 16.1 Å². The number of carbonyl (C=O) groups excluding carboxylic acids is 1. The molecule has 0 aliphatic carbocycles. The van der Waals surface area contributed by atoms with E-state index in [0.717, 1.165) is 0 Å². The number of benzene rings is 1. The summed E-state index contributed by atoms with van der Waals surface area (Å²) in [4.78, 5) is 15.1. The minimum atomic E-state index is -0.820. The Morgan fingerprint density at radius 1 is 1.53 bits per heavy atom. The molecule has 0 saturated heterocycles. The van der Waals surface area contributed by atoms with Crippen LogP contribution in [0.25, 0.3) is 10.2 Å². The van der Waals surface area contributed by atoms with Crippen LogP contribution in [0.1, 0.15) is 5.01 Å². The summed E-state index contributed by atoms with van der Waals surface area (Å²) in [5, 5.41) is 0.468. The molecule has 1 heterocycles. The summed E-state index contributed by atoms with van der Waals surface area (Å²) in [7, 11) is 0. The van der Waals surface area contributed by atoms with Gasteiger partial charge in [-0.2, -0.15) is 0 Å². The highest BCUT2D eigenvalue weighted by molar-refractivity contribution is 7.18. The number of nitrogen functional groups attached to an aromatic ring is 1. The van der Waals surface area contributed by atoms with Gasteiger partial charge in [0.05, 0.1) is 10.4 Å². The number of ether oxygens (including phenoxy) is 2. The summed E-state index contributed by atoms with van der Waals surface area (Å²) in [5.74, 6) is -0.561. The van der Waals surface area contributed by atoms with E-state index in [9.17, 15) is 9.18 Å². The summed E-state index contributed by atoms with van der Waals surface area (Å²) < 4.78 is 23.7. The van der Waals surface area contributed by atoms with Crippen molar-refractivity contribution < 1.29 is 18.7 Å². The van der Waals surface area contributed by atoms with Crippen LogP contribution in [0.2, 0.25) is 0 Å². The van der Waals surface area contributed by atoms with Crippen LogP contribution in [0.4, 0.5) is 14.9 Å². The summed E-state index contributed by atoms with van der Waals surface area (Å²) in [6.45, 7) is 3.40. The van der Waals surface area contributed by atoms with Crippen molar-refractivity contribution in [3.8, 4) is 0 Å². The Labute approximate surface area is 112 Å². The third-order valence-corrected chi connectivity index (χ3v) is 3.20. The quantitative estimate of drug-likeness (QED) is 0.530. The van der Waals surface area contributed by atoms with Crippen molar-refractivity contribution in [2.75, 3.05) is 12.3 Å². The number of aromatic nitrogens is 1. The SMILES string of the molecule is C=CCOC(=O)OCc1nc2c(F)c(N)ccc2s1. The van der Waals surface area contributed by atoms with Gasteiger partial charge in [0.25, 0.3) is 0 Å². The smallest absolute Gasteiger partial charge is 0.430 e. The summed E-state index contributed by atoms with van der Waals surface area (Å²) in [6, 6.07) is 3.14. The molecule has 1 aromatic carbocycles. The Bertz CT molecular complexity index is 627. The lowest BCUT2D eigenvalue weighted by molar-refractivity contribution is 0.0577. The number of hydrogen-bond donors (Lipinski definition) is 1. The van der Waals surface area contributed by atoms with Crippen molar-refractivity contribution in [1.82, 2.24) is 4.98 Å². The van der Waals surface area contributed by atoms with Gasteiger partial charge in [0.2, 0.25) is 0 Å². The molecule has 100 valence electrons. The first kappa shape index (κ1) is 13.3. The number of hydrogen-bond acceptors (Lipinski definition) is 6. The van der Waals surface area contributed by atoms with Crippen LogP contribution >= 0.6 is 11.3 Å². The lowest BCUT2D eigenvalue weighted by Gasteiger charge is -2.01. The van der Waals surface area contributed by atoms with E-state index >= 15 is 0 Å². The van der Waals surface area contributed by atoms with Gasteiger partial charge in [0, 0.05) is 0 Å². The summed E-state index contributed by atoms with van der Waals surface area (Å²) >= 11 is 1.23. The standard InChI is InChI=1S/C12H11FN2O3S/c1-2-5-17-12(16)18-6-9-15-11-8(19-9)4-3-7(14)10(11)13/h2-4H,1,5-6,14H2. The molecule has 5 nitrogen and oxygen atoms in total. The van der Waals surface area contributed by atoms with E-state index in [4.69, 9.17) is 10.5 Å². The van der Waals surface area contributed by atoms with Crippen LogP contribution < -0.4 is 5.73 Å². The van der Waals surface area contributed by atoms with Gasteiger partial charge in [-0.1, -0.05) is 12.7 Å². The normalized spacial score (nSPS) is 10.4. The zero-order chi connectivity index (χ0) is 13.8. The van der Waals surface area contributed by atoms with Crippen molar-refractivity contribution >= 4 is 33.4 Å². The fraction of sp³-hybridized carbons (Fsp3) is 0.167. The van der Waals surface area contributed by atoms with Gasteiger partial charge in [0.15, 0.2) is 5.82 Å². The van der Waals surface area contributed by atoms with E-state index < -0.39 is 12.0 Å². The third kappa shape index (κ3) is 3.00. The Morgan fingerprint density at radius 2 is 2.32 bits per heavy atom. The number of rotatable bonds is 4. The van der Waals surface area contributed by atoms with E-state index in [0.29, 0.717) is 9.71 Å². The van der Waals surface area contributed by atoms with Crippen molar-refractivity contribution in [2.45, 2.75) is 6.61 Å². The number of thiazole rings is 1. The zero-order valence-electron chi connectivity index (χ0n) is 9.89. The molecule has 0 fully saturated rings. The Morgan fingerprint density at radius 3 is 3.05 bits per heavy atom. The van der Waals surface area contributed by atoms with Gasteiger partial charge < -0.3 is 15.2 Å². The predicted octanol–water partition coefficient (Wildman–Crippen LogP) is 2.86. The van der Waals surface area contributed by atoms with E-state index in [1.54, 1.807) is 6.07 Å². The number of carbonyl (C=O) groups is 1. The fourth-order valence-corrected chi connectivity index (χ4v) is 2.25. The molecule has 0 spiro atoms. The topological polar surface area (TPSA) is 74.4 Å². The number of fused-ring (bicyclic) bond motifs is 1. The van der Waals surface area contributed by atoms with Gasteiger partial charge in [-0.05, 0) is 12.1 Å². The molecule has 0 radical (unpaired) electrons. The van der Waals surface area contributed by atoms with Crippen LogP contribution in [-0.4, -0.2) is 17.7 Å². The fourth-order valence-electron chi connectivity index (χ4n) is 1.37. The van der Waals surface area contributed by atoms with Gasteiger partial charge in [0.1, 0.15) is 23.7 Å². The van der Waals surface area contributed by atoms with Crippen molar-refractivity contribution in [3.05, 3.63) is 35.6 Å². The summed E-state index contributed by atoms with van der Waals surface area (Å²) in [6.07, 6.45) is 0.607. The molecule has 19 heavy (non-hydrogen) atoms. The highest BCUT2D eigenvalue weighted by Gasteiger charge is 2.12. The molecule has 0 unspecified atom stereocenters. The first-order chi connectivity index (χ1) is 9.11. The molecular formula is C12H11FN2O3S. The molecule has 0 aliphatic rings. The molecule has 2 aromatic rings. The highest BCUT2D eigenvalue weighted by atomic mass is 32.1. The highest BCUT2D eigenvalue weighted by Crippen LogP contribution is 2.27. The minimum Gasteiger partial charge on any atom is -0.430 e. The van der Waals surface area contributed by atoms with Crippen LogP contribution in [0.5, 0.6) is 0 Å². The Hall–Kier alpha value is -2.15. The van der Waals surface area contributed by atoms with Crippen molar-refractivity contribution in [1.29, 1.82) is 0 Å². The Kier molecular flexibility index (Phi) is 3.96. The predicted molar refractivity (Wildman–Crippen MR) is 70.3 cm³/mol. The van der Waals surface area contributed by atoms with E-state index in [2.05, 4.69) is 16.3 Å². The van der Waals surface area contributed by atoms with E-state index in [-0.39, 0.29) is 24.4 Å². The number of halogens is 1. The molecular weight excluding hydrogens is 271 g/mol. The van der Waals surface area contributed by atoms with Gasteiger partial charge in [-0.3, -0.25) is 0 Å². The molecule has 7 heteroatoms. The first-order valence-electron chi connectivity index (χ1n) is 5.35. The molecule has 1 aromatic heterocycles. The molecule has 2 rings (SSSR count). The molecule has 0 saturated carbocycles. The largest absolute Gasteiger partial charge is 0.509 e. The maximum Gasteiger partial charge on any atom is 0.509 e. The van der Waals surface area contributed by atoms with Gasteiger partial charge in [-0.25, -0.2) is 14.2 Å². The van der Waals surface area contributed by atoms with E-state index in [1.165, 1.54) is 23.5 Å². The van der Waals surface area contributed by atoms with Crippen molar-refractivity contribution in [3.63, 3.8) is 0 Å². The molecule has 0 amide bonds. The average Bonchev–Trinajstić information content (AvgIpc) is 2.82. The second-order valence-corrected chi connectivity index (χ2v) is 4.68. The van der Waals surface area contributed by atoms with Crippen LogP contribution in [0.3, 0.4) is 0 Å². The number of nitrogens with zero attached hydrogens (tertiary/aromatic N) is 1. The minimum absolute atomic E-state index is 0.0376. The van der Waals surface area contributed by atoms with Crippen molar-refractivity contribution in [2.24, 2.45) is 0 Å². The lowest BCUT2D eigenvalue weighted by Crippen LogP contribution is -2.07. The van der Waals surface area contributed by atoms with Gasteiger partial charge in [-0.15, -0.1) is 11.3 Å². The number of anilines is 1. The maximum absolute atomic E-state index is 13.7. The molecule has 0 bridgehead atoms. The Balaban J connectivity index is 2.08.